The molecule has 0 aromatic carbocycles. The zero-order valence-corrected chi connectivity index (χ0v) is 16.7. The molecule has 24 heavy (non-hydrogen) atoms. The highest BCUT2D eigenvalue weighted by Crippen LogP contribution is 2.46. The Morgan fingerprint density at radius 2 is 1.62 bits per heavy atom. The third kappa shape index (κ3) is 4.44. The molecule has 0 aromatic rings. The smallest absolute Gasteiger partial charge is 0.411 e. The first-order valence-electron chi connectivity index (χ1n) is 8.50. The Bertz CT molecular complexity index is 452. The summed E-state index contributed by atoms with van der Waals surface area (Å²) in [5.41, 5.74) is -2.24. The van der Waals surface area contributed by atoms with Crippen molar-refractivity contribution in [3.05, 3.63) is 0 Å². The molecule has 1 aliphatic heterocycles. The molecule has 2 atom stereocenters. The van der Waals surface area contributed by atoms with Gasteiger partial charge in [0.25, 0.3) is 0 Å². The number of hydrogen-bond acceptors (Lipinski definition) is 3. The Labute approximate surface area is 143 Å². The number of likely N-dealkylation sites (tertiary alicyclic amines) is 1. The number of ether oxygens (including phenoxy) is 1. The van der Waals surface area contributed by atoms with Crippen LogP contribution in [-0.2, 0) is 9.16 Å². The van der Waals surface area contributed by atoms with Crippen molar-refractivity contribution >= 4 is 14.4 Å². The van der Waals surface area contributed by atoms with Crippen molar-refractivity contribution in [2.24, 2.45) is 0 Å². The minimum absolute atomic E-state index is 0.0964. The summed E-state index contributed by atoms with van der Waals surface area (Å²) in [6, 6.07) is 0.308. The first kappa shape index (κ1) is 21.3. The number of hydrogen-bond donors (Lipinski definition) is 0. The number of carbonyl (C=O) groups excluding carboxylic acids is 1. The van der Waals surface area contributed by atoms with Crippen molar-refractivity contribution in [2.45, 2.75) is 90.0 Å². The van der Waals surface area contributed by atoms with Crippen molar-refractivity contribution < 1.29 is 27.1 Å². The van der Waals surface area contributed by atoms with E-state index in [1.807, 2.05) is 20.8 Å². The van der Waals surface area contributed by atoms with Gasteiger partial charge in [0.05, 0.1) is 6.54 Å². The van der Waals surface area contributed by atoms with E-state index in [1.54, 1.807) is 20.8 Å². The normalized spacial score (nSPS) is 25.4. The topological polar surface area (TPSA) is 38.8 Å². The summed E-state index contributed by atoms with van der Waals surface area (Å²) in [4.78, 5) is 12.9. The second kappa shape index (κ2) is 6.86. The fourth-order valence-corrected chi connectivity index (χ4v) is 6.39. The predicted molar refractivity (Wildman–Crippen MR) is 89.5 cm³/mol. The van der Waals surface area contributed by atoms with E-state index in [4.69, 9.17) is 9.16 Å². The van der Waals surface area contributed by atoms with Crippen LogP contribution in [0.3, 0.4) is 0 Å². The lowest BCUT2D eigenvalue weighted by Gasteiger charge is -2.57. The van der Waals surface area contributed by atoms with Crippen LogP contribution in [-0.4, -0.2) is 49.3 Å². The molecule has 0 radical (unpaired) electrons. The number of rotatable bonds is 5. The Kier molecular flexibility index (Phi) is 6.08. The second-order valence-electron chi connectivity index (χ2n) is 7.71. The van der Waals surface area contributed by atoms with Gasteiger partial charge in [0.1, 0.15) is 11.2 Å². The lowest BCUT2D eigenvalue weighted by atomic mass is 9.85. The summed E-state index contributed by atoms with van der Waals surface area (Å²) in [6.07, 6.45) is -5.50. The third-order valence-corrected chi connectivity index (χ3v) is 9.46. The van der Waals surface area contributed by atoms with Gasteiger partial charge < -0.3 is 9.16 Å². The van der Waals surface area contributed by atoms with Crippen molar-refractivity contribution in [3.8, 4) is 0 Å². The third-order valence-electron chi connectivity index (χ3n) is 4.70. The zero-order chi connectivity index (χ0) is 19.0. The average Bonchev–Trinajstić information content (AvgIpc) is 2.38. The highest BCUT2D eigenvalue weighted by Gasteiger charge is 2.66. The summed E-state index contributed by atoms with van der Waals surface area (Å²) in [7, 11) is -2.23. The van der Waals surface area contributed by atoms with Gasteiger partial charge in [-0.05, 0) is 45.8 Å². The molecule has 8 heteroatoms. The summed E-state index contributed by atoms with van der Waals surface area (Å²) < 4.78 is 52.1. The molecule has 0 N–H and O–H groups in total. The van der Waals surface area contributed by atoms with Gasteiger partial charge in [0, 0.05) is 0 Å². The number of alkyl halides is 3. The van der Waals surface area contributed by atoms with Gasteiger partial charge in [-0.15, -0.1) is 0 Å². The van der Waals surface area contributed by atoms with E-state index in [1.165, 1.54) is 6.92 Å². The quantitative estimate of drug-likeness (QED) is 0.644. The predicted octanol–water partition coefficient (Wildman–Crippen LogP) is 4.95. The van der Waals surface area contributed by atoms with Gasteiger partial charge in [0.15, 0.2) is 14.4 Å². The minimum Gasteiger partial charge on any atom is -0.444 e. The van der Waals surface area contributed by atoms with Crippen LogP contribution in [0.15, 0.2) is 0 Å². The Balaban J connectivity index is 3.04. The lowest BCUT2D eigenvalue weighted by Crippen LogP contribution is -2.77. The molecule has 142 valence electrons. The van der Waals surface area contributed by atoms with E-state index in [0.717, 1.165) is 23.0 Å². The highest BCUT2D eigenvalue weighted by molar-refractivity contribution is 6.73. The number of nitrogens with zero attached hydrogens (tertiary/aromatic N) is 1. The number of halogens is 3. The van der Waals surface area contributed by atoms with Crippen molar-refractivity contribution in [3.63, 3.8) is 0 Å². The molecule has 0 saturated carbocycles. The van der Waals surface area contributed by atoms with Crippen LogP contribution in [0, 0.1) is 0 Å². The average molecular weight is 370 g/mol. The fraction of sp³-hybridized carbons (Fsp3) is 0.938. The molecule has 1 saturated heterocycles. The van der Waals surface area contributed by atoms with Crippen LogP contribution in [0.2, 0.25) is 18.1 Å². The molecule has 0 spiro atoms. The molecule has 1 heterocycles. The van der Waals surface area contributed by atoms with Gasteiger partial charge in [0.2, 0.25) is 0 Å². The molecule has 1 aliphatic rings. The van der Waals surface area contributed by atoms with E-state index < -0.39 is 37.8 Å². The van der Waals surface area contributed by atoms with E-state index in [0.29, 0.717) is 0 Å². The Morgan fingerprint density at radius 3 is 1.96 bits per heavy atom. The number of amides is 1. The first-order valence-corrected chi connectivity index (χ1v) is 11.0. The molecule has 1 amide bonds. The second-order valence-corrected chi connectivity index (χ2v) is 12.4. The van der Waals surface area contributed by atoms with E-state index in [2.05, 4.69) is 0 Å². The first-order chi connectivity index (χ1) is 10.7. The maximum Gasteiger partial charge on any atom is 0.411 e. The Hall–Kier alpha value is -0.763. The molecule has 0 aliphatic carbocycles. The van der Waals surface area contributed by atoms with Crippen molar-refractivity contribution in [1.29, 1.82) is 0 Å². The van der Waals surface area contributed by atoms with Gasteiger partial charge in [-0.3, -0.25) is 4.90 Å². The van der Waals surface area contributed by atoms with E-state index >= 15 is 0 Å². The van der Waals surface area contributed by atoms with E-state index in [9.17, 15) is 18.0 Å². The van der Waals surface area contributed by atoms with Gasteiger partial charge >= 0.3 is 12.3 Å². The maximum atomic E-state index is 13.6. The van der Waals surface area contributed by atoms with Crippen LogP contribution in [0.4, 0.5) is 18.0 Å². The lowest BCUT2D eigenvalue weighted by molar-refractivity contribution is -0.267. The zero-order valence-electron chi connectivity index (χ0n) is 15.7. The molecule has 0 bridgehead atoms. The molecule has 0 aromatic heterocycles. The molecular formula is C16H30F3NO3Si. The van der Waals surface area contributed by atoms with Crippen molar-refractivity contribution in [1.82, 2.24) is 4.90 Å². The van der Waals surface area contributed by atoms with Crippen LogP contribution in [0.25, 0.3) is 0 Å². The summed E-state index contributed by atoms with van der Waals surface area (Å²) in [5, 5.41) is 0. The van der Waals surface area contributed by atoms with Crippen LogP contribution in [0.1, 0.15) is 48.5 Å². The van der Waals surface area contributed by atoms with Crippen LogP contribution < -0.4 is 0 Å². The standard InChI is InChI=1S/C16H30F3NO3Si/c1-8-24(9-2,10-3)23-15(7)11-20(12(15)16(17,18)19)13(21)22-14(4,5)6/h12H,8-11H2,1-7H3/t12-,15-/m1/s1. The molecule has 1 rings (SSSR count). The van der Waals surface area contributed by atoms with Gasteiger partial charge in [-0.25, -0.2) is 4.79 Å². The molecular weight excluding hydrogens is 339 g/mol. The maximum absolute atomic E-state index is 13.6. The SMILES string of the molecule is CC[Si](CC)(CC)O[C@]1(C)CN(C(=O)OC(C)(C)C)[C@H]1C(F)(F)F. The highest BCUT2D eigenvalue weighted by atomic mass is 28.4. The number of carbonyl (C=O) groups is 1. The molecule has 4 nitrogen and oxygen atoms in total. The monoisotopic (exact) mass is 369 g/mol. The molecule has 0 unspecified atom stereocenters. The van der Waals surface area contributed by atoms with Crippen LogP contribution in [0.5, 0.6) is 0 Å². The summed E-state index contributed by atoms with van der Waals surface area (Å²) in [5.74, 6) is 0. The van der Waals surface area contributed by atoms with Crippen LogP contribution >= 0.6 is 0 Å². The molecule has 1 fully saturated rings. The fourth-order valence-electron chi connectivity index (χ4n) is 3.30. The van der Waals surface area contributed by atoms with Crippen molar-refractivity contribution in [2.75, 3.05) is 6.54 Å². The van der Waals surface area contributed by atoms with E-state index in [-0.39, 0.29) is 6.54 Å². The summed E-state index contributed by atoms with van der Waals surface area (Å²) in [6.45, 7) is 12.2. The largest absolute Gasteiger partial charge is 0.444 e. The summed E-state index contributed by atoms with van der Waals surface area (Å²) >= 11 is 0. The van der Waals surface area contributed by atoms with Gasteiger partial charge in [-0.2, -0.15) is 13.2 Å². The Morgan fingerprint density at radius 1 is 1.17 bits per heavy atom. The minimum atomic E-state index is -4.56. The van der Waals surface area contributed by atoms with Gasteiger partial charge in [-0.1, -0.05) is 20.8 Å².